The van der Waals surface area contributed by atoms with Crippen molar-refractivity contribution in [3.63, 3.8) is 0 Å². The molecule has 0 aliphatic rings. The van der Waals surface area contributed by atoms with E-state index in [-0.39, 0.29) is 5.91 Å². The normalized spacial score (nSPS) is 11.2. The lowest BCUT2D eigenvalue weighted by molar-refractivity contribution is -0.115. The fraction of sp³-hybridized carbons (Fsp3) is 0.263. The topological polar surface area (TPSA) is 46.9 Å². The van der Waals surface area contributed by atoms with Crippen molar-refractivity contribution in [2.75, 3.05) is 5.32 Å². The molecule has 4 nitrogen and oxygen atoms in total. The van der Waals surface area contributed by atoms with Gasteiger partial charge in [0.1, 0.15) is 0 Å². The molecule has 3 rings (SSSR count). The van der Waals surface area contributed by atoms with Gasteiger partial charge in [-0.05, 0) is 23.6 Å². The van der Waals surface area contributed by atoms with Crippen LogP contribution in [0.2, 0.25) is 5.02 Å². The number of carbonyl (C=O) groups is 1. The molecule has 0 aliphatic heterocycles. The van der Waals surface area contributed by atoms with E-state index in [1.807, 2.05) is 12.1 Å². The maximum absolute atomic E-state index is 12.4. The average molecular weight is 342 g/mol. The number of nitrogens with zero attached hydrogens (tertiary/aromatic N) is 2. The molecule has 0 radical (unpaired) electrons. The monoisotopic (exact) mass is 341 g/mol. The number of hydrogen-bond acceptors (Lipinski definition) is 2. The zero-order chi connectivity index (χ0) is 17.1. The number of pyridine rings is 1. The lowest BCUT2D eigenvalue weighted by Crippen LogP contribution is -2.14. The lowest BCUT2D eigenvalue weighted by Gasteiger charge is -2.07. The molecule has 124 valence electrons. The molecule has 0 saturated carbocycles. The van der Waals surface area contributed by atoms with Crippen molar-refractivity contribution in [2.24, 2.45) is 5.92 Å². The predicted molar refractivity (Wildman–Crippen MR) is 98.4 cm³/mol. The number of nitrogens with one attached hydrogen (secondary N) is 1. The highest BCUT2D eigenvalue weighted by atomic mass is 35.5. The van der Waals surface area contributed by atoms with E-state index in [0.717, 1.165) is 23.0 Å². The van der Waals surface area contributed by atoms with Crippen LogP contribution in [0.25, 0.3) is 10.9 Å². The lowest BCUT2D eigenvalue weighted by atomic mass is 10.1. The molecule has 0 saturated heterocycles. The molecule has 0 fully saturated rings. The molecule has 0 bridgehead atoms. The molecule has 1 N–H and O–H groups in total. The zero-order valence-electron chi connectivity index (χ0n) is 13.8. The van der Waals surface area contributed by atoms with Crippen LogP contribution in [0.3, 0.4) is 0 Å². The van der Waals surface area contributed by atoms with Crippen LogP contribution in [0.4, 0.5) is 5.69 Å². The Morgan fingerprint density at radius 3 is 2.83 bits per heavy atom. The smallest absolute Gasteiger partial charge is 0.228 e. The molecule has 2 heterocycles. The molecule has 1 amide bonds. The Balaban J connectivity index is 1.84. The number of rotatable bonds is 5. The molecule has 1 aromatic carbocycles. The molecule has 5 heteroatoms. The molecular formula is C19H20ClN3O. The van der Waals surface area contributed by atoms with E-state index in [2.05, 4.69) is 47.0 Å². The van der Waals surface area contributed by atoms with Crippen molar-refractivity contribution in [1.82, 2.24) is 9.55 Å². The molecule has 0 atom stereocenters. The summed E-state index contributed by atoms with van der Waals surface area (Å²) in [5, 5.41) is 4.41. The summed E-state index contributed by atoms with van der Waals surface area (Å²) in [5.41, 5.74) is 2.77. The van der Waals surface area contributed by atoms with Gasteiger partial charge in [0.25, 0.3) is 0 Å². The van der Waals surface area contributed by atoms with Crippen LogP contribution >= 0.6 is 11.6 Å². The zero-order valence-corrected chi connectivity index (χ0v) is 14.5. The number of halogens is 1. The minimum absolute atomic E-state index is 0.0875. The van der Waals surface area contributed by atoms with E-state index < -0.39 is 0 Å². The second-order valence-corrected chi connectivity index (χ2v) is 6.71. The van der Waals surface area contributed by atoms with Crippen LogP contribution in [-0.4, -0.2) is 15.5 Å². The van der Waals surface area contributed by atoms with Crippen molar-refractivity contribution >= 4 is 34.1 Å². The Morgan fingerprint density at radius 2 is 2.08 bits per heavy atom. The highest BCUT2D eigenvalue weighted by molar-refractivity contribution is 6.33. The largest absolute Gasteiger partial charge is 0.347 e. The van der Waals surface area contributed by atoms with Gasteiger partial charge in [-0.25, -0.2) is 0 Å². The van der Waals surface area contributed by atoms with Crippen molar-refractivity contribution < 1.29 is 4.79 Å². The van der Waals surface area contributed by atoms with Crippen molar-refractivity contribution in [3.8, 4) is 0 Å². The highest BCUT2D eigenvalue weighted by Crippen LogP contribution is 2.24. The van der Waals surface area contributed by atoms with E-state index >= 15 is 0 Å². The first kappa shape index (κ1) is 16.5. The molecule has 3 aromatic rings. The van der Waals surface area contributed by atoms with E-state index in [9.17, 15) is 4.79 Å². The summed E-state index contributed by atoms with van der Waals surface area (Å²) in [6.45, 7) is 5.30. The first-order chi connectivity index (χ1) is 11.5. The van der Waals surface area contributed by atoms with Crippen LogP contribution in [-0.2, 0) is 17.8 Å². The van der Waals surface area contributed by atoms with Gasteiger partial charge in [-0.3, -0.25) is 9.78 Å². The third-order valence-corrected chi connectivity index (χ3v) is 4.13. The molecule has 0 spiro atoms. The van der Waals surface area contributed by atoms with Crippen LogP contribution in [0.15, 0.2) is 48.9 Å². The van der Waals surface area contributed by atoms with E-state index in [1.54, 1.807) is 12.3 Å². The Bertz CT molecular complexity index is 870. The van der Waals surface area contributed by atoms with Gasteiger partial charge in [0.05, 0.1) is 17.1 Å². The fourth-order valence-electron chi connectivity index (χ4n) is 2.85. The number of benzene rings is 1. The summed E-state index contributed by atoms with van der Waals surface area (Å²) < 4.78 is 2.22. The Hall–Kier alpha value is -2.33. The first-order valence-electron chi connectivity index (χ1n) is 8.00. The summed E-state index contributed by atoms with van der Waals surface area (Å²) in [6.07, 6.45) is 5.52. The summed E-state index contributed by atoms with van der Waals surface area (Å²) in [4.78, 5) is 16.3. The first-order valence-corrected chi connectivity index (χ1v) is 8.38. The maximum atomic E-state index is 12.4. The summed E-state index contributed by atoms with van der Waals surface area (Å²) in [7, 11) is 0. The second kappa shape index (κ2) is 7.05. The molecule has 0 aliphatic carbocycles. The highest BCUT2D eigenvalue weighted by Gasteiger charge is 2.13. The van der Waals surface area contributed by atoms with Gasteiger partial charge in [-0.2, -0.15) is 0 Å². The maximum Gasteiger partial charge on any atom is 0.228 e. The van der Waals surface area contributed by atoms with Gasteiger partial charge in [0.2, 0.25) is 5.91 Å². The second-order valence-electron chi connectivity index (χ2n) is 6.30. The van der Waals surface area contributed by atoms with Crippen LogP contribution in [0, 0.1) is 5.92 Å². The van der Waals surface area contributed by atoms with Gasteiger partial charge in [-0.1, -0.05) is 43.6 Å². The number of hydrogen-bond donors (Lipinski definition) is 1. The Labute approximate surface area is 146 Å². The van der Waals surface area contributed by atoms with Crippen molar-refractivity contribution in [3.05, 3.63) is 59.5 Å². The summed E-state index contributed by atoms with van der Waals surface area (Å²) in [5.74, 6) is 0.452. The Morgan fingerprint density at radius 1 is 1.29 bits per heavy atom. The minimum Gasteiger partial charge on any atom is -0.347 e. The Kier molecular flexibility index (Phi) is 4.86. The summed E-state index contributed by atoms with van der Waals surface area (Å²) >= 11 is 6.05. The third kappa shape index (κ3) is 3.60. The van der Waals surface area contributed by atoms with Gasteiger partial charge < -0.3 is 9.88 Å². The number of para-hydroxylation sites is 1. The molecular weight excluding hydrogens is 322 g/mol. The van der Waals surface area contributed by atoms with Crippen LogP contribution < -0.4 is 5.32 Å². The third-order valence-electron chi connectivity index (χ3n) is 3.83. The number of aromatic nitrogens is 2. The van der Waals surface area contributed by atoms with E-state index in [4.69, 9.17) is 11.6 Å². The van der Waals surface area contributed by atoms with E-state index in [0.29, 0.717) is 23.0 Å². The predicted octanol–water partition coefficient (Wildman–Crippen LogP) is 4.53. The van der Waals surface area contributed by atoms with Gasteiger partial charge in [0, 0.05) is 36.0 Å². The molecule has 24 heavy (non-hydrogen) atoms. The van der Waals surface area contributed by atoms with Crippen molar-refractivity contribution in [2.45, 2.75) is 26.8 Å². The molecule has 0 unspecified atom stereocenters. The fourth-order valence-corrected chi connectivity index (χ4v) is 3.02. The minimum atomic E-state index is -0.0875. The SMILES string of the molecule is CC(C)Cn1cc(CC(=O)Nc2ccncc2Cl)c2ccccc21. The standard InChI is InChI=1S/C19H20ClN3O/c1-13(2)11-23-12-14(15-5-3-4-6-18(15)23)9-19(24)22-17-7-8-21-10-16(17)20/h3-8,10,12-13H,9,11H2,1-2H3,(H,21,22,24). The van der Waals surface area contributed by atoms with E-state index in [1.165, 1.54) is 6.20 Å². The summed E-state index contributed by atoms with van der Waals surface area (Å²) in [6, 6.07) is 9.89. The van der Waals surface area contributed by atoms with Crippen LogP contribution in [0.1, 0.15) is 19.4 Å². The van der Waals surface area contributed by atoms with Gasteiger partial charge in [0.15, 0.2) is 0 Å². The van der Waals surface area contributed by atoms with Crippen molar-refractivity contribution in [1.29, 1.82) is 0 Å². The number of amides is 1. The number of anilines is 1. The number of carbonyl (C=O) groups excluding carboxylic acids is 1. The van der Waals surface area contributed by atoms with Crippen LogP contribution in [0.5, 0.6) is 0 Å². The average Bonchev–Trinajstić information content (AvgIpc) is 2.87. The van der Waals surface area contributed by atoms with Gasteiger partial charge >= 0.3 is 0 Å². The molecule has 2 aromatic heterocycles. The quantitative estimate of drug-likeness (QED) is 0.741. The number of fused-ring (bicyclic) bond motifs is 1. The van der Waals surface area contributed by atoms with Gasteiger partial charge in [-0.15, -0.1) is 0 Å².